The summed E-state index contributed by atoms with van der Waals surface area (Å²) in [6.45, 7) is -0.682. The van der Waals surface area contributed by atoms with Crippen LogP contribution in [0.1, 0.15) is 15.9 Å². The van der Waals surface area contributed by atoms with Gasteiger partial charge in [0, 0.05) is 5.02 Å². The molecule has 9 heteroatoms. The van der Waals surface area contributed by atoms with Crippen molar-refractivity contribution in [3.63, 3.8) is 0 Å². The van der Waals surface area contributed by atoms with Crippen molar-refractivity contribution in [1.82, 2.24) is 0 Å². The summed E-state index contributed by atoms with van der Waals surface area (Å²) in [7, 11) is 0. The van der Waals surface area contributed by atoms with Crippen LogP contribution in [0.2, 0.25) is 5.02 Å². The van der Waals surface area contributed by atoms with Gasteiger partial charge in [0.2, 0.25) is 0 Å². The smallest absolute Gasteiger partial charge is 0.338 e. The summed E-state index contributed by atoms with van der Waals surface area (Å²) < 4.78 is 4.74. The van der Waals surface area contributed by atoms with Crippen LogP contribution in [0.5, 0.6) is 17.2 Å². The molecule has 1 amide bonds. The molecule has 0 spiro atoms. The molecule has 0 unspecified atom stereocenters. The Morgan fingerprint density at radius 3 is 2.40 bits per heavy atom. The molecule has 0 aliphatic heterocycles. The van der Waals surface area contributed by atoms with Gasteiger partial charge in [-0.1, -0.05) is 11.6 Å². The number of anilines is 1. The fraction of sp³-hybridized carbons (Fsp3) is 0.0625. The Morgan fingerprint density at radius 2 is 1.80 bits per heavy atom. The van der Waals surface area contributed by atoms with Crippen LogP contribution in [0.15, 0.2) is 30.3 Å². The molecule has 0 bridgehead atoms. The number of amides is 1. The number of esters is 1. The molecule has 8 nitrogen and oxygen atoms in total. The Balaban J connectivity index is 2.02. The van der Waals surface area contributed by atoms with Crippen molar-refractivity contribution in [2.45, 2.75) is 0 Å². The largest absolute Gasteiger partial charge is 0.504 e. The van der Waals surface area contributed by atoms with E-state index in [1.54, 1.807) is 0 Å². The number of phenols is 3. The summed E-state index contributed by atoms with van der Waals surface area (Å²) in [5.74, 6) is -3.94. The molecule has 2 aromatic carbocycles. The zero-order valence-corrected chi connectivity index (χ0v) is 13.2. The van der Waals surface area contributed by atoms with Crippen LogP contribution >= 0.6 is 11.6 Å². The van der Waals surface area contributed by atoms with Crippen molar-refractivity contribution in [2.75, 3.05) is 11.9 Å². The summed E-state index contributed by atoms with van der Waals surface area (Å²) >= 11 is 5.79. The maximum Gasteiger partial charge on any atom is 0.338 e. The highest BCUT2D eigenvalue weighted by Crippen LogP contribution is 2.35. The molecule has 0 heterocycles. The molecule has 0 fully saturated rings. The van der Waals surface area contributed by atoms with Crippen molar-refractivity contribution >= 4 is 29.2 Å². The first-order chi connectivity index (χ1) is 11.8. The Hall–Kier alpha value is -3.44. The summed E-state index contributed by atoms with van der Waals surface area (Å²) in [6.07, 6.45) is 0. The van der Waals surface area contributed by atoms with E-state index in [2.05, 4.69) is 5.32 Å². The third-order valence-electron chi connectivity index (χ3n) is 3.02. The minimum atomic E-state index is -1.01. The highest BCUT2D eigenvalue weighted by molar-refractivity contribution is 6.31. The lowest BCUT2D eigenvalue weighted by atomic mass is 10.2. The molecule has 0 saturated heterocycles. The van der Waals surface area contributed by atoms with Crippen molar-refractivity contribution in [3.05, 3.63) is 46.5 Å². The number of halogens is 1. The number of phenolic OH excluding ortho intramolecular Hbond substituents is 3. The van der Waals surface area contributed by atoms with Crippen LogP contribution in [0, 0.1) is 11.3 Å². The number of carbonyl (C=O) groups is 2. The summed E-state index contributed by atoms with van der Waals surface area (Å²) in [6, 6.07) is 7.91. The van der Waals surface area contributed by atoms with E-state index in [-0.39, 0.29) is 16.8 Å². The third-order valence-corrected chi connectivity index (χ3v) is 3.25. The number of hydrogen-bond acceptors (Lipinski definition) is 7. The fourth-order valence-electron chi connectivity index (χ4n) is 1.84. The van der Waals surface area contributed by atoms with E-state index in [1.807, 2.05) is 6.07 Å². The lowest BCUT2D eigenvalue weighted by Gasteiger charge is -2.09. The predicted octanol–water partition coefficient (Wildman–Crippen LogP) is 2.12. The molecule has 0 radical (unpaired) electrons. The lowest BCUT2D eigenvalue weighted by molar-refractivity contribution is -0.119. The minimum absolute atomic E-state index is 0.163. The first-order valence-electron chi connectivity index (χ1n) is 6.73. The average molecular weight is 363 g/mol. The fourth-order valence-corrected chi connectivity index (χ4v) is 2.01. The van der Waals surface area contributed by atoms with E-state index in [9.17, 15) is 24.9 Å². The van der Waals surface area contributed by atoms with Gasteiger partial charge in [-0.15, -0.1) is 0 Å². The van der Waals surface area contributed by atoms with E-state index in [0.29, 0.717) is 5.02 Å². The number of nitriles is 1. The van der Waals surface area contributed by atoms with Gasteiger partial charge in [-0.2, -0.15) is 5.26 Å². The molecule has 2 aromatic rings. The van der Waals surface area contributed by atoms with Gasteiger partial charge in [0.15, 0.2) is 23.9 Å². The molecule has 0 saturated carbocycles. The van der Waals surface area contributed by atoms with Crippen LogP contribution < -0.4 is 5.32 Å². The van der Waals surface area contributed by atoms with Gasteiger partial charge in [0.25, 0.3) is 5.91 Å². The van der Waals surface area contributed by atoms with Crippen LogP contribution in [0.25, 0.3) is 0 Å². The summed E-state index contributed by atoms with van der Waals surface area (Å²) in [5.41, 5.74) is 0.0782. The first kappa shape index (κ1) is 17.9. The number of carbonyl (C=O) groups excluding carboxylic acids is 2. The van der Waals surface area contributed by atoms with Gasteiger partial charge in [-0.3, -0.25) is 4.79 Å². The first-order valence-corrected chi connectivity index (χ1v) is 7.11. The van der Waals surface area contributed by atoms with E-state index in [0.717, 1.165) is 12.1 Å². The van der Waals surface area contributed by atoms with E-state index in [4.69, 9.17) is 21.6 Å². The molecule has 0 aliphatic rings. The number of aromatic hydroxyl groups is 3. The number of ether oxygens (including phenoxy) is 1. The molecular weight excluding hydrogens is 352 g/mol. The van der Waals surface area contributed by atoms with Gasteiger partial charge < -0.3 is 25.4 Å². The minimum Gasteiger partial charge on any atom is -0.504 e. The Bertz CT molecular complexity index is 868. The number of hydrogen-bond donors (Lipinski definition) is 4. The Labute approximate surface area is 146 Å². The molecule has 0 aliphatic carbocycles. The Kier molecular flexibility index (Phi) is 5.31. The maximum atomic E-state index is 11.8. The van der Waals surface area contributed by atoms with Crippen LogP contribution in [0.4, 0.5) is 5.69 Å². The van der Waals surface area contributed by atoms with E-state index < -0.39 is 35.7 Å². The van der Waals surface area contributed by atoms with Crippen molar-refractivity contribution in [2.24, 2.45) is 0 Å². The molecular formula is C16H11ClN2O6. The zero-order chi connectivity index (χ0) is 18.6. The lowest BCUT2D eigenvalue weighted by Crippen LogP contribution is -2.21. The number of nitrogens with one attached hydrogen (secondary N) is 1. The number of benzene rings is 2. The van der Waals surface area contributed by atoms with Gasteiger partial charge in [0.05, 0.1) is 16.8 Å². The second kappa shape index (κ2) is 7.42. The SMILES string of the molecule is N#Cc1ccc(Cl)cc1NC(=O)COC(=O)c1cc(O)c(O)c(O)c1. The Morgan fingerprint density at radius 1 is 1.16 bits per heavy atom. The standard InChI is InChI=1S/C16H11ClN2O6/c17-10-2-1-8(6-18)11(5-10)19-14(22)7-25-16(24)9-3-12(20)15(23)13(21)4-9/h1-5,20-21,23H,7H2,(H,19,22). The van der Waals surface area contributed by atoms with Gasteiger partial charge in [-0.05, 0) is 30.3 Å². The molecule has 0 atom stereocenters. The van der Waals surface area contributed by atoms with E-state index >= 15 is 0 Å². The average Bonchev–Trinajstić information content (AvgIpc) is 2.57. The van der Waals surface area contributed by atoms with Crippen molar-refractivity contribution < 1.29 is 29.6 Å². The van der Waals surface area contributed by atoms with Gasteiger partial charge >= 0.3 is 5.97 Å². The monoisotopic (exact) mass is 362 g/mol. The second-order valence-electron chi connectivity index (χ2n) is 4.79. The van der Waals surface area contributed by atoms with Crippen LogP contribution in [0.3, 0.4) is 0 Å². The summed E-state index contributed by atoms with van der Waals surface area (Å²) in [5, 5.41) is 39.6. The highest BCUT2D eigenvalue weighted by Gasteiger charge is 2.16. The summed E-state index contributed by atoms with van der Waals surface area (Å²) in [4.78, 5) is 23.7. The quantitative estimate of drug-likeness (QED) is 0.482. The second-order valence-corrected chi connectivity index (χ2v) is 5.23. The van der Waals surface area contributed by atoms with E-state index in [1.165, 1.54) is 18.2 Å². The van der Waals surface area contributed by atoms with Crippen LogP contribution in [-0.4, -0.2) is 33.8 Å². The topological polar surface area (TPSA) is 140 Å². The van der Waals surface area contributed by atoms with Crippen LogP contribution in [-0.2, 0) is 9.53 Å². The molecule has 128 valence electrons. The molecule has 25 heavy (non-hydrogen) atoms. The number of nitrogens with zero attached hydrogens (tertiary/aromatic N) is 1. The predicted molar refractivity (Wildman–Crippen MR) is 86.5 cm³/mol. The molecule has 2 rings (SSSR count). The van der Waals surface area contributed by atoms with Gasteiger partial charge in [0.1, 0.15) is 6.07 Å². The highest BCUT2D eigenvalue weighted by atomic mass is 35.5. The maximum absolute atomic E-state index is 11.8. The third kappa shape index (κ3) is 4.31. The molecule has 4 N–H and O–H groups in total. The normalized spacial score (nSPS) is 9.92. The van der Waals surface area contributed by atoms with Gasteiger partial charge in [-0.25, -0.2) is 4.79 Å². The van der Waals surface area contributed by atoms with Crippen molar-refractivity contribution in [3.8, 4) is 23.3 Å². The molecule has 0 aromatic heterocycles. The zero-order valence-electron chi connectivity index (χ0n) is 12.5. The van der Waals surface area contributed by atoms with Crippen molar-refractivity contribution in [1.29, 1.82) is 5.26 Å². The number of rotatable bonds is 4.